The Kier molecular flexibility index (Phi) is 6.18. The van der Waals surface area contributed by atoms with E-state index >= 15 is 0 Å². The minimum absolute atomic E-state index is 0.223. The Labute approximate surface area is 156 Å². The van der Waals surface area contributed by atoms with Crippen molar-refractivity contribution in [3.05, 3.63) is 35.9 Å². The molecule has 1 heterocycles. The molecule has 1 atom stereocenters. The molecule has 25 heavy (non-hydrogen) atoms. The van der Waals surface area contributed by atoms with Crippen molar-refractivity contribution in [1.82, 2.24) is 10.2 Å². The molecule has 6 nitrogen and oxygen atoms in total. The Morgan fingerprint density at radius 2 is 1.96 bits per heavy atom. The lowest BCUT2D eigenvalue weighted by atomic mass is 10.0. The van der Waals surface area contributed by atoms with Gasteiger partial charge in [0.05, 0.1) is 6.61 Å². The van der Waals surface area contributed by atoms with Gasteiger partial charge in [-0.1, -0.05) is 42.2 Å². The summed E-state index contributed by atoms with van der Waals surface area (Å²) in [6, 6.07) is 7.83. The topological polar surface area (TPSA) is 75.7 Å². The van der Waals surface area contributed by atoms with Crippen LogP contribution in [0.4, 0.5) is 0 Å². The van der Waals surface area contributed by atoms with Crippen LogP contribution in [0.25, 0.3) is 0 Å². The zero-order valence-electron chi connectivity index (χ0n) is 14.3. The Balaban J connectivity index is 2.19. The Morgan fingerprint density at radius 1 is 1.32 bits per heavy atom. The van der Waals surface area contributed by atoms with Gasteiger partial charge in [0.25, 0.3) is 11.8 Å². The fraction of sp³-hybridized carbons (Fsp3) is 0.412. The lowest BCUT2D eigenvalue weighted by Gasteiger charge is -2.42. The maximum absolute atomic E-state index is 12.9. The van der Waals surface area contributed by atoms with Crippen molar-refractivity contribution in [1.29, 1.82) is 0 Å². The number of esters is 1. The number of nitrogens with zero attached hydrogens (tertiary/aromatic N) is 1. The number of amides is 2. The molecule has 134 valence electrons. The number of benzene rings is 1. The highest BCUT2D eigenvalue weighted by atomic mass is 32.2. The lowest BCUT2D eigenvalue weighted by molar-refractivity contribution is -0.147. The molecule has 1 aromatic rings. The molecule has 1 unspecified atom stereocenters. The SMILES string of the molecule is CCOC(=O)CN1C(=O)C(NC(=O)c2ccccc2)C(C)(C)SC1=S. The second kappa shape index (κ2) is 7.97. The fourth-order valence-electron chi connectivity index (χ4n) is 2.40. The van der Waals surface area contributed by atoms with Crippen molar-refractivity contribution < 1.29 is 19.1 Å². The van der Waals surface area contributed by atoms with E-state index in [0.29, 0.717) is 9.88 Å². The first kappa shape index (κ1) is 19.4. The summed E-state index contributed by atoms with van der Waals surface area (Å²) in [6.07, 6.45) is 0. The second-order valence-corrected chi connectivity index (χ2v) is 8.26. The maximum Gasteiger partial charge on any atom is 0.326 e. The quantitative estimate of drug-likeness (QED) is 0.622. The molecule has 2 rings (SSSR count). The van der Waals surface area contributed by atoms with Gasteiger partial charge in [0, 0.05) is 10.3 Å². The summed E-state index contributed by atoms with van der Waals surface area (Å²) in [5.74, 6) is -1.30. The molecular weight excluding hydrogens is 360 g/mol. The summed E-state index contributed by atoms with van der Waals surface area (Å²) >= 11 is 6.54. The van der Waals surface area contributed by atoms with E-state index in [2.05, 4.69) is 5.32 Å². The molecule has 0 aromatic heterocycles. The number of ether oxygens (including phenoxy) is 1. The summed E-state index contributed by atoms with van der Waals surface area (Å²) < 4.78 is 4.55. The molecule has 1 fully saturated rings. The normalized spacial score (nSPS) is 19.5. The van der Waals surface area contributed by atoms with Crippen molar-refractivity contribution in [2.45, 2.75) is 31.6 Å². The van der Waals surface area contributed by atoms with E-state index in [1.54, 1.807) is 31.2 Å². The molecule has 1 saturated heterocycles. The molecular formula is C17H20N2O4S2. The van der Waals surface area contributed by atoms with Crippen LogP contribution in [-0.4, -0.2) is 50.9 Å². The monoisotopic (exact) mass is 380 g/mol. The number of thiocarbonyl (C=S) groups is 1. The minimum Gasteiger partial charge on any atom is -0.465 e. The van der Waals surface area contributed by atoms with E-state index in [4.69, 9.17) is 17.0 Å². The van der Waals surface area contributed by atoms with Crippen molar-refractivity contribution in [3.8, 4) is 0 Å². The lowest BCUT2D eigenvalue weighted by Crippen LogP contribution is -2.62. The van der Waals surface area contributed by atoms with Crippen LogP contribution in [0.5, 0.6) is 0 Å². The number of thioether (sulfide) groups is 1. The van der Waals surface area contributed by atoms with E-state index in [1.807, 2.05) is 19.9 Å². The van der Waals surface area contributed by atoms with Crippen molar-refractivity contribution >= 4 is 46.1 Å². The number of carbonyl (C=O) groups excluding carboxylic acids is 3. The van der Waals surface area contributed by atoms with E-state index in [9.17, 15) is 14.4 Å². The number of hydrogen-bond acceptors (Lipinski definition) is 6. The first-order chi connectivity index (χ1) is 11.8. The van der Waals surface area contributed by atoms with Crippen molar-refractivity contribution in [2.75, 3.05) is 13.2 Å². The zero-order valence-corrected chi connectivity index (χ0v) is 15.9. The number of nitrogens with one attached hydrogen (secondary N) is 1. The number of hydrogen-bond donors (Lipinski definition) is 1. The van der Waals surface area contributed by atoms with Gasteiger partial charge in [-0.05, 0) is 32.9 Å². The van der Waals surface area contributed by atoms with E-state index < -0.39 is 22.7 Å². The van der Waals surface area contributed by atoms with Crippen LogP contribution in [0.3, 0.4) is 0 Å². The Bertz CT molecular complexity index is 691. The fourth-order valence-corrected chi connectivity index (χ4v) is 4.19. The van der Waals surface area contributed by atoms with Crippen LogP contribution in [-0.2, 0) is 14.3 Å². The van der Waals surface area contributed by atoms with Gasteiger partial charge < -0.3 is 10.1 Å². The van der Waals surface area contributed by atoms with Gasteiger partial charge in [0.1, 0.15) is 16.9 Å². The molecule has 0 saturated carbocycles. The first-order valence-electron chi connectivity index (χ1n) is 7.82. The zero-order chi connectivity index (χ0) is 18.6. The third-order valence-corrected chi connectivity index (χ3v) is 5.31. The highest BCUT2D eigenvalue weighted by Crippen LogP contribution is 2.36. The van der Waals surface area contributed by atoms with E-state index in [1.165, 1.54) is 16.7 Å². The van der Waals surface area contributed by atoms with Gasteiger partial charge >= 0.3 is 5.97 Å². The predicted octanol–water partition coefficient (Wildman–Crippen LogP) is 1.99. The summed E-state index contributed by atoms with van der Waals surface area (Å²) in [7, 11) is 0. The summed E-state index contributed by atoms with van der Waals surface area (Å²) in [5, 5.41) is 2.77. The van der Waals surface area contributed by atoms with Crippen LogP contribution in [0.2, 0.25) is 0 Å². The molecule has 0 radical (unpaired) electrons. The van der Waals surface area contributed by atoms with Crippen LogP contribution in [0.15, 0.2) is 30.3 Å². The van der Waals surface area contributed by atoms with Gasteiger partial charge in [-0.15, -0.1) is 0 Å². The summed E-state index contributed by atoms with van der Waals surface area (Å²) in [6.45, 7) is 5.32. The van der Waals surface area contributed by atoms with E-state index in [-0.39, 0.29) is 19.1 Å². The van der Waals surface area contributed by atoms with Crippen LogP contribution < -0.4 is 5.32 Å². The molecule has 0 bridgehead atoms. The second-order valence-electron chi connectivity index (χ2n) is 5.97. The standard InChI is InChI=1S/C17H20N2O4S2/c1-4-23-12(20)10-19-15(22)13(17(2,3)25-16(19)24)18-14(21)11-8-6-5-7-9-11/h5-9,13H,4,10H2,1-3H3,(H,18,21). The number of rotatable bonds is 5. The molecule has 1 aliphatic heterocycles. The molecule has 8 heteroatoms. The maximum atomic E-state index is 12.9. The minimum atomic E-state index is -0.814. The number of carbonyl (C=O) groups is 3. The smallest absolute Gasteiger partial charge is 0.326 e. The van der Waals surface area contributed by atoms with Crippen molar-refractivity contribution in [2.24, 2.45) is 0 Å². The first-order valence-corrected chi connectivity index (χ1v) is 9.04. The Hall–Kier alpha value is -1.93. The molecule has 1 N–H and O–H groups in total. The van der Waals surface area contributed by atoms with Gasteiger partial charge in [-0.2, -0.15) is 0 Å². The molecule has 0 spiro atoms. The largest absolute Gasteiger partial charge is 0.465 e. The van der Waals surface area contributed by atoms with Crippen LogP contribution >= 0.6 is 24.0 Å². The van der Waals surface area contributed by atoms with Crippen LogP contribution in [0.1, 0.15) is 31.1 Å². The van der Waals surface area contributed by atoms with Gasteiger partial charge in [0.15, 0.2) is 0 Å². The average molecular weight is 380 g/mol. The van der Waals surface area contributed by atoms with Crippen molar-refractivity contribution in [3.63, 3.8) is 0 Å². The molecule has 1 aromatic carbocycles. The molecule has 2 amide bonds. The third-order valence-electron chi connectivity index (χ3n) is 3.68. The predicted molar refractivity (Wildman–Crippen MR) is 100 cm³/mol. The van der Waals surface area contributed by atoms with Gasteiger partial charge in [-0.25, -0.2) is 0 Å². The molecule has 1 aliphatic rings. The van der Waals surface area contributed by atoms with Gasteiger partial charge in [-0.3, -0.25) is 19.3 Å². The van der Waals surface area contributed by atoms with E-state index in [0.717, 1.165) is 0 Å². The molecule has 0 aliphatic carbocycles. The third kappa shape index (κ3) is 4.58. The van der Waals surface area contributed by atoms with Crippen LogP contribution in [0, 0.1) is 0 Å². The van der Waals surface area contributed by atoms with Gasteiger partial charge in [0.2, 0.25) is 0 Å². The summed E-state index contributed by atoms with van der Waals surface area (Å²) in [4.78, 5) is 38.2. The summed E-state index contributed by atoms with van der Waals surface area (Å²) in [5.41, 5.74) is 0.459. The highest BCUT2D eigenvalue weighted by Gasteiger charge is 2.47. The highest BCUT2D eigenvalue weighted by molar-refractivity contribution is 8.24. The average Bonchev–Trinajstić information content (AvgIpc) is 2.56. The Morgan fingerprint density at radius 3 is 2.56 bits per heavy atom.